The molecule has 2 aromatic carbocycles. The van der Waals surface area contributed by atoms with Gasteiger partial charge < -0.3 is 21.3 Å². The number of benzene rings is 2. The lowest BCUT2D eigenvalue weighted by Crippen LogP contribution is -2.46. The zero-order chi connectivity index (χ0) is 39.1. The molecule has 3 aromatic heterocycles. The number of pyridine rings is 1. The number of para-hydroxylation sites is 2. The number of primary amides is 1. The second-order valence-corrected chi connectivity index (χ2v) is 15.4. The number of aromatic nitrogens is 5. The maximum absolute atomic E-state index is 13.0. The Labute approximate surface area is 326 Å². The van der Waals surface area contributed by atoms with Crippen LogP contribution >= 0.6 is 23.5 Å². The minimum Gasteiger partial charge on any atom is -0.368 e. The van der Waals surface area contributed by atoms with E-state index in [9.17, 15) is 24.0 Å². The average molecular weight is 783 g/mol. The van der Waals surface area contributed by atoms with E-state index in [1.54, 1.807) is 25.6 Å². The second kappa shape index (κ2) is 17.8. The third-order valence-corrected chi connectivity index (χ3v) is 11.5. The zero-order valence-electron chi connectivity index (χ0n) is 31.0. The van der Waals surface area contributed by atoms with E-state index in [4.69, 9.17) is 5.73 Å². The Bertz CT molecular complexity index is 2410. The predicted molar refractivity (Wildman–Crippen MR) is 217 cm³/mol. The molecule has 55 heavy (non-hydrogen) atoms. The fourth-order valence-electron chi connectivity index (χ4n) is 6.29. The van der Waals surface area contributed by atoms with Gasteiger partial charge in [0.2, 0.25) is 23.2 Å². The van der Waals surface area contributed by atoms with E-state index in [1.807, 2.05) is 41.1 Å². The number of aromatic amines is 1. The molecule has 0 fully saturated rings. The van der Waals surface area contributed by atoms with Crippen LogP contribution in [0.15, 0.2) is 80.3 Å². The molecule has 0 unspecified atom stereocenters. The van der Waals surface area contributed by atoms with E-state index in [1.165, 1.54) is 22.3 Å². The summed E-state index contributed by atoms with van der Waals surface area (Å²) in [5.41, 5.74) is 9.29. The molecule has 0 saturated heterocycles. The lowest BCUT2D eigenvalue weighted by atomic mass is 10.1. The third-order valence-electron chi connectivity index (χ3n) is 9.43. The van der Waals surface area contributed by atoms with E-state index >= 15 is 0 Å². The van der Waals surface area contributed by atoms with Gasteiger partial charge in [0.15, 0.2) is 23.9 Å². The van der Waals surface area contributed by atoms with E-state index in [0.29, 0.717) is 49.5 Å². The van der Waals surface area contributed by atoms with Crippen LogP contribution < -0.4 is 37.1 Å². The Hall–Kier alpha value is -5.48. The number of H-pyrrole nitrogens is 1. The molecule has 1 atom stereocenters. The van der Waals surface area contributed by atoms with Crippen molar-refractivity contribution in [2.24, 2.45) is 5.73 Å². The Kier molecular flexibility index (Phi) is 12.7. The van der Waals surface area contributed by atoms with Gasteiger partial charge >= 0.3 is 5.69 Å². The molecular weight excluding hydrogens is 739 g/mol. The molecule has 3 amide bonds. The number of nitrogens with two attached hydrogens (primary N) is 1. The molecule has 286 valence electrons. The molecule has 0 aliphatic carbocycles. The number of hydrogen-bond donors (Lipinski definition) is 4. The van der Waals surface area contributed by atoms with Crippen molar-refractivity contribution in [2.45, 2.75) is 63.6 Å². The summed E-state index contributed by atoms with van der Waals surface area (Å²) in [5.74, 6) is -0.554. The molecule has 14 nitrogen and oxygen atoms in total. The molecule has 1 aliphatic heterocycles. The van der Waals surface area contributed by atoms with Crippen molar-refractivity contribution in [2.75, 3.05) is 30.0 Å². The number of rotatable bonds is 16. The Morgan fingerprint density at radius 3 is 2.58 bits per heavy atom. The van der Waals surface area contributed by atoms with Gasteiger partial charge in [-0.05, 0) is 62.9 Å². The fourth-order valence-corrected chi connectivity index (χ4v) is 8.13. The van der Waals surface area contributed by atoms with E-state index in [0.717, 1.165) is 26.1 Å². The summed E-state index contributed by atoms with van der Waals surface area (Å²) in [6, 6.07) is 17.7. The highest BCUT2D eigenvalue weighted by atomic mass is 32.2. The molecule has 0 saturated carbocycles. The molecule has 0 radical (unpaired) electrons. The molecule has 0 bridgehead atoms. The minimum absolute atomic E-state index is 0.102. The first kappa shape index (κ1) is 39.2. The molecule has 5 aromatic rings. The summed E-state index contributed by atoms with van der Waals surface area (Å²) in [6.45, 7) is 4.42. The summed E-state index contributed by atoms with van der Waals surface area (Å²) in [5, 5.41) is 7.83. The summed E-state index contributed by atoms with van der Waals surface area (Å²) in [7, 11) is 2.07. The lowest BCUT2D eigenvalue weighted by Gasteiger charge is -2.15. The van der Waals surface area contributed by atoms with Crippen molar-refractivity contribution in [3.05, 3.63) is 104 Å². The van der Waals surface area contributed by atoms with E-state index < -0.39 is 23.2 Å². The van der Waals surface area contributed by atoms with Crippen molar-refractivity contribution >= 4 is 75.1 Å². The number of carbonyl (C=O) groups excluding carboxylic acids is 3. The van der Waals surface area contributed by atoms with Crippen molar-refractivity contribution in [3.63, 3.8) is 0 Å². The first-order valence-corrected chi connectivity index (χ1v) is 20.0. The van der Waals surface area contributed by atoms with Crippen molar-refractivity contribution in [1.29, 1.82) is 0 Å². The monoisotopic (exact) mass is 782 g/mol. The Morgan fingerprint density at radius 2 is 1.78 bits per heavy atom. The minimum atomic E-state index is -0.819. The summed E-state index contributed by atoms with van der Waals surface area (Å²) < 4.78 is 3.10. The zero-order valence-corrected chi connectivity index (χ0v) is 32.6. The maximum Gasteiger partial charge on any atom is 0.330 e. The standard InChI is InChI=1S/C39H43N9O5S2/c1-24-25(2)43-37-35(42-24)38(52)48(39(53)45-37)20-21-54-23-33(50)41-17-9-8-11-28(36(40)51)44-32(49)16-19-47-18-15-26(27-10-4-5-12-29(27)47)22-34-46(3)30-13-6-7-14-31(30)55-34/h4-7,10,12-15,18,22,28H,8-9,11,16-17,19-21,23H2,1-3H3,(H4-,40,41,43,44,45,49,50,51,52,53)/p+1/t28-/m0/s1. The van der Waals surface area contributed by atoms with Gasteiger partial charge in [-0.15, -0.1) is 0 Å². The molecule has 6 rings (SSSR count). The number of hydrogen-bond acceptors (Lipinski definition) is 10. The number of nitrogens with one attached hydrogen (secondary N) is 3. The number of thioether (sulfide) groups is 2. The number of amides is 3. The first-order chi connectivity index (χ1) is 26.5. The highest BCUT2D eigenvalue weighted by molar-refractivity contribution is 8.03. The molecule has 5 N–H and O–H groups in total. The van der Waals surface area contributed by atoms with Crippen LogP contribution in [0.25, 0.3) is 28.1 Å². The quantitative estimate of drug-likeness (QED) is 0.0856. The van der Waals surface area contributed by atoms with Crippen LogP contribution in [0.3, 0.4) is 0 Å². The van der Waals surface area contributed by atoms with Gasteiger partial charge in [-0.3, -0.25) is 28.7 Å². The van der Waals surface area contributed by atoms with Gasteiger partial charge in [0.1, 0.15) is 6.04 Å². The highest BCUT2D eigenvalue weighted by Crippen LogP contribution is 2.45. The molecular formula is C39H44N9O5S2+. The number of anilines is 1. The Morgan fingerprint density at radius 1 is 1.02 bits per heavy atom. The SMILES string of the molecule is Cc1nc2[nH]c(=O)n(CCSCC(=O)NCCCC[C@H](NC(=O)CC[n+]3ccc(C=C4Sc5ccccc5N4C)c4ccccc43)C(N)=O)c(=O)c2nc1C. The average Bonchev–Trinajstić information content (AvgIpc) is 3.48. The van der Waals surface area contributed by atoms with Crippen molar-refractivity contribution in [3.8, 4) is 0 Å². The van der Waals surface area contributed by atoms with Gasteiger partial charge in [-0.2, -0.15) is 16.3 Å². The highest BCUT2D eigenvalue weighted by Gasteiger charge is 2.23. The predicted octanol–water partition coefficient (Wildman–Crippen LogP) is 3.16. The fraction of sp³-hybridized carbons (Fsp3) is 0.333. The van der Waals surface area contributed by atoms with Gasteiger partial charge in [0, 0.05) is 42.9 Å². The maximum atomic E-state index is 13.0. The smallest absolute Gasteiger partial charge is 0.330 e. The van der Waals surface area contributed by atoms with E-state index in [2.05, 4.69) is 67.9 Å². The molecule has 4 heterocycles. The van der Waals surface area contributed by atoms with Crippen LogP contribution in [0.5, 0.6) is 0 Å². The number of nitrogens with zero attached hydrogens (tertiary/aromatic N) is 5. The van der Waals surface area contributed by atoms with Gasteiger partial charge in [-0.25, -0.2) is 14.8 Å². The third kappa shape index (κ3) is 9.43. The van der Waals surface area contributed by atoms with Crippen LogP contribution in [0.2, 0.25) is 0 Å². The topological polar surface area (TPSA) is 189 Å². The lowest BCUT2D eigenvalue weighted by molar-refractivity contribution is -0.670. The van der Waals surface area contributed by atoms with E-state index in [-0.39, 0.29) is 41.7 Å². The van der Waals surface area contributed by atoms with Crippen LogP contribution in [0.1, 0.15) is 42.6 Å². The number of fused-ring (bicyclic) bond motifs is 3. The van der Waals surface area contributed by atoms with Crippen molar-refractivity contribution in [1.82, 2.24) is 30.2 Å². The number of unbranched alkanes of at least 4 members (excludes halogenated alkanes) is 1. The first-order valence-electron chi connectivity index (χ1n) is 18.0. The summed E-state index contributed by atoms with van der Waals surface area (Å²) >= 11 is 3.03. The summed E-state index contributed by atoms with van der Waals surface area (Å²) in [4.78, 5) is 77.3. The number of carbonyl (C=O) groups is 3. The van der Waals surface area contributed by atoms with Gasteiger partial charge in [0.25, 0.3) is 5.56 Å². The van der Waals surface area contributed by atoms with Crippen LogP contribution in [0.4, 0.5) is 5.69 Å². The normalized spacial score (nSPS) is 13.7. The van der Waals surface area contributed by atoms with Crippen molar-refractivity contribution < 1.29 is 19.0 Å². The van der Waals surface area contributed by atoms with Gasteiger partial charge in [0.05, 0.1) is 39.7 Å². The summed E-state index contributed by atoms with van der Waals surface area (Å²) in [6.07, 6.45) is 5.83. The molecule has 16 heteroatoms. The number of aryl methyl sites for hydroxylation is 3. The van der Waals surface area contributed by atoms with Gasteiger partial charge in [-0.1, -0.05) is 36.0 Å². The van der Waals surface area contributed by atoms with Crippen LogP contribution in [0, 0.1) is 13.8 Å². The molecule has 0 spiro atoms. The largest absolute Gasteiger partial charge is 0.368 e. The second-order valence-electron chi connectivity index (χ2n) is 13.2. The Balaban J connectivity index is 0.920. The molecule has 1 aliphatic rings. The van der Waals surface area contributed by atoms with Crippen LogP contribution in [-0.4, -0.2) is 68.4 Å². The van der Waals surface area contributed by atoms with Crippen LogP contribution in [-0.2, 0) is 27.5 Å².